The second-order valence-electron chi connectivity index (χ2n) is 5.32. The first-order valence-corrected chi connectivity index (χ1v) is 6.93. The Balaban J connectivity index is 2.67. The van der Waals surface area contributed by atoms with Crippen molar-refractivity contribution in [1.29, 1.82) is 0 Å². The summed E-state index contributed by atoms with van der Waals surface area (Å²) in [6.07, 6.45) is -16.7. The van der Waals surface area contributed by atoms with E-state index >= 15 is 0 Å². The molecule has 1 N–H and O–H groups in total. The smallest absolute Gasteiger partial charge is 0.360 e. The van der Waals surface area contributed by atoms with Crippen LogP contribution < -0.4 is 5.32 Å². The lowest BCUT2D eigenvalue weighted by Gasteiger charge is -2.39. The number of rotatable bonds is 3. The maximum Gasteiger partial charge on any atom is 0.424 e. The van der Waals surface area contributed by atoms with Gasteiger partial charge in [0.2, 0.25) is 0 Å². The van der Waals surface area contributed by atoms with Gasteiger partial charge in [-0.3, -0.25) is 0 Å². The standard InChI is InChI=1S/C16H10F9N/c17-14(18,19)11-7-4-8-12(9-11)26-13(15(20,21)22,16(23,24)25)10-5-2-1-3-6-10/h1-9,26H. The molecule has 0 saturated carbocycles. The molecule has 0 radical (unpaired) electrons. The van der Waals surface area contributed by atoms with E-state index in [2.05, 4.69) is 0 Å². The van der Waals surface area contributed by atoms with Gasteiger partial charge in [0, 0.05) is 5.69 Å². The zero-order valence-electron chi connectivity index (χ0n) is 12.6. The summed E-state index contributed by atoms with van der Waals surface area (Å²) in [6, 6.07) is 6.49. The predicted octanol–water partition coefficient (Wildman–Crippen LogP) is 6.14. The molecular weight excluding hydrogens is 377 g/mol. The van der Waals surface area contributed by atoms with Gasteiger partial charge in [-0.2, -0.15) is 39.5 Å². The normalized spacial score (nSPS) is 13.6. The zero-order valence-corrected chi connectivity index (χ0v) is 12.6. The van der Waals surface area contributed by atoms with Crippen molar-refractivity contribution in [3.05, 3.63) is 65.7 Å². The monoisotopic (exact) mass is 387 g/mol. The Morgan fingerprint density at radius 3 is 1.54 bits per heavy atom. The molecule has 0 aliphatic rings. The van der Waals surface area contributed by atoms with E-state index in [1.165, 1.54) is 11.4 Å². The van der Waals surface area contributed by atoms with Crippen LogP contribution in [0.1, 0.15) is 11.1 Å². The van der Waals surface area contributed by atoms with Gasteiger partial charge in [0.25, 0.3) is 5.54 Å². The fourth-order valence-corrected chi connectivity index (χ4v) is 2.38. The molecule has 2 rings (SSSR count). The lowest BCUT2D eigenvalue weighted by molar-refractivity contribution is -0.293. The fourth-order valence-electron chi connectivity index (χ4n) is 2.38. The Morgan fingerprint density at radius 2 is 1.08 bits per heavy atom. The molecule has 0 saturated heterocycles. The van der Waals surface area contributed by atoms with Crippen molar-refractivity contribution in [2.24, 2.45) is 0 Å². The van der Waals surface area contributed by atoms with Gasteiger partial charge in [-0.25, -0.2) is 0 Å². The van der Waals surface area contributed by atoms with E-state index < -0.39 is 40.9 Å². The molecule has 0 amide bonds. The maximum atomic E-state index is 13.6. The van der Waals surface area contributed by atoms with Gasteiger partial charge in [-0.05, 0) is 23.8 Å². The SMILES string of the molecule is FC(F)(F)c1cccc(NC(c2ccccc2)(C(F)(F)F)C(F)(F)F)c1. The van der Waals surface area contributed by atoms with E-state index in [1.54, 1.807) is 0 Å². The molecule has 0 spiro atoms. The minimum Gasteiger partial charge on any atom is -0.360 e. The van der Waals surface area contributed by atoms with Crippen LogP contribution in [0.4, 0.5) is 45.2 Å². The van der Waals surface area contributed by atoms with E-state index in [9.17, 15) is 39.5 Å². The summed E-state index contributed by atoms with van der Waals surface area (Å²) in [4.78, 5) is 0. The summed E-state index contributed by atoms with van der Waals surface area (Å²) < 4.78 is 120. The Hall–Kier alpha value is -2.39. The Bertz CT molecular complexity index is 731. The molecule has 0 heterocycles. The highest BCUT2D eigenvalue weighted by atomic mass is 19.4. The molecular formula is C16H10F9N. The Morgan fingerprint density at radius 1 is 0.577 bits per heavy atom. The van der Waals surface area contributed by atoms with E-state index in [4.69, 9.17) is 0 Å². The summed E-state index contributed by atoms with van der Waals surface area (Å²) in [5.41, 5.74) is -8.13. The van der Waals surface area contributed by atoms with Crippen LogP contribution in [0, 0.1) is 0 Å². The van der Waals surface area contributed by atoms with Gasteiger partial charge in [0.1, 0.15) is 0 Å². The van der Waals surface area contributed by atoms with Crippen molar-refractivity contribution in [1.82, 2.24) is 0 Å². The van der Waals surface area contributed by atoms with Crippen LogP contribution in [0.3, 0.4) is 0 Å². The molecule has 26 heavy (non-hydrogen) atoms. The van der Waals surface area contributed by atoms with Crippen LogP contribution in [0.5, 0.6) is 0 Å². The van der Waals surface area contributed by atoms with Gasteiger partial charge >= 0.3 is 18.5 Å². The topological polar surface area (TPSA) is 12.0 Å². The molecule has 0 fully saturated rings. The molecule has 142 valence electrons. The summed E-state index contributed by atoms with van der Waals surface area (Å²) >= 11 is 0. The quantitative estimate of drug-likeness (QED) is 0.624. The summed E-state index contributed by atoms with van der Waals surface area (Å²) in [6.45, 7) is 0. The first kappa shape index (κ1) is 19.9. The molecule has 2 aromatic rings. The summed E-state index contributed by atoms with van der Waals surface area (Å²) in [7, 11) is 0. The number of anilines is 1. The number of hydrogen-bond acceptors (Lipinski definition) is 1. The first-order chi connectivity index (χ1) is 11.8. The number of halogens is 9. The third-order valence-corrected chi connectivity index (χ3v) is 3.58. The molecule has 0 aliphatic carbocycles. The van der Waals surface area contributed by atoms with Crippen LogP contribution >= 0.6 is 0 Å². The van der Waals surface area contributed by atoms with E-state index in [1.807, 2.05) is 0 Å². The third kappa shape index (κ3) is 3.58. The number of benzene rings is 2. The highest BCUT2D eigenvalue weighted by molar-refractivity contribution is 5.52. The molecule has 0 bridgehead atoms. The first-order valence-electron chi connectivity index (χ1n) is 6.93. The van der Waals surface area contributed by atoms with E-state index in [-0.39, 0.29) is 6.07 Å². The van der Waals surface area contributed by atoms with Crippen LogP contribution in [0.2, 0.25) is 0 Å². The zero-order chi connectivity index (χ0) is 19.8. The van der Waals surface area contributed by atoms with Gasteiger partial charge in [-0.15, -0.1) is 0 Å². The van der Waals surface area contributed by atoms with Crippen molar-refractivity contribution in [3.63, 3.8) is 0 Å². The summed E-state index contributed by atoms with van der Waals surface area (Å²) in [5.74, 6) is 0. The Labute approximate surface area is 141 Å². The molecule has 0 aliphatic heterocycles. The minimum absolute atomic E-state index is 0.190. The van der Waals surface area contributed by atoms with Crippen LogP contribution in [-0.4, -0.2) is 12.4 Å². The van der Waals surface area contributed by atoms with E-state index in [0.717, 1.165) is 12.1 Å². The van der Waals surface area contributed by atoms with Crippen molar-refractivity contribution < 1.29 is 39.5 Å². The minimum atomic E-state index is -5.89. The maximum absolute atomic E-state index is 13.6. The highest BCUT2D eigenvalue weighted by Gasteiger charge is 2.72. The fraction of sp³-hybridized carbons (Fsp3) is 0.250. The van der Waals surface area contributed by atoms with Crippen molar-refractivity contribution in [3.8, 4) is 0 Å². The lowest BCUT2D eigenvalue weighted by atomic mass is 9.87. The highest BCUT2D eigenvalue weighted by Crippen LogP contribution is 2.52. The third-order valence-electron chi connectivity index (χ3n) is 3.58. The van der Waals surface area contributed by atoms with Crippen LogP contribution in [0.15, 0.2) is 54.6 Å². The largest absolute Gasteiger partial charge is 0.424 e. The molecule has 10 heteroatoms. The van der Waals surface area contributed by atoms with Crippen molar-refractivity contribution >= 4 is 5.69 Å². The van der Waals surface area contributed by atoms with Gasteiger partial charge in [0.05, 0.1) is 5.56 Å². The number of alkyl halides is 9. The van der Waals surface area contributed by atoms with Gasteiger partial charge < -0.3 is 5.32 Å². The summed E-state index contributed by atoms with van der Waals surface area (Å²) in [5, 5.41) is 1.25. The Kier molecular flexibility index (Phi) is 4.91. The molecule has 0 atom stereocenters. The van der Waals surface area contributed by atoms with Crippen LogP contribution in [-0.2, 0) is 11.7 Å². The van der Waals surface area contributed by atoms with Gasteiger partial charge in [-0.1, -0.05) is 36.4 Å². The predicted molar refractivity (Wildman–Crippen MR) is 75.3 cm³/mol. The van der Waals surface area contributed by atoms with E-state index in [0.29, 0.717) is 30.3 Å². The van der Waals surface area contributed by atoms with Gasteiger partial charge in [0.15, 0.2) is 0 Å². The molecule has 0 aromatic heterocycles. The van der Waals surface area contributed by atoms with Crippen molar-refractivity contribution in [2.75, 3.05) is 5.32 Å². The molecule has 1 nitrogen and oxygen atoms in total. The molecule has 0 unspecified atom stereocenters. The lowest BCUT2D eigenvalue weighted by Crippen LogP contribution is -2.59. The number of hydrogen-bond donors (Lipinski definition) is 1. The average molecular weight is 387 g/mol. The molecule has 2 aromatic carbocycles. The van der Waals surface area contributed by atoms with Crippen molar-refractivity contribution in [2.45, 2.75) is 24.1 Å². The second-order valence-corrected chi connectivity index (χ2v) is 5.32. The number of nitrogens with one attached hydrogen (secondary N) is 1. The van der Waals surface area contributed by atoms with Crippen LogP contribution in [0.25, 0.3) is 0 Å². The average Bonchev–Trinajstić information content (AvgIpc) is 2.50. The second kappa shape index (κ2) is 6.40.